The van der Waals surface area contributed by atoms with Gasteiger partial charge in [-0.15, -0.1) is 0 Å². The van der Waals surface area contributed by atoms with Crippen LogP contribution in [0.4, 0.5) is 0 Å². The molecular formula is C21H23NO5. The molecule has 1 aliphatic heterocycles. The number of aryl methyl sites for hydroxylation is 1. The molecule has 0 aliphatic carbocycles. The number of carboxylic acid groups (broad SMARTS) is 1. The number of methoxy groups -OCH3 is 2. The molecule has 1 heterocycles. The Kier molecular flexibility index (Phi) is 5.35. The summed E-state index contributed by atoms with van der Waals surface area (Å²) in [5, 5.41) is 9.28. The second-order valence-electron chi connectivity index (χ2n) is 6.66. The number of aromatic carboxylic acids is 1. The Balaban J connectivity index is 1.95. The van der Waals surface area contributed by atoms with Crippen LogP contribution in [0.5, 0.6) is 11.5 Å². The fraction of sp³-hybridized carbons (Fsp3) is 0.333. The minimum absolute atomic E-state index is 0.118. The average molecular weight is 369 g/mol. The van der Waals surface area contributed by atoms with Crippen molar-refractivity contribution in [3.8, 4) is 11.5 Å². The van der Waals surface area contributed by atoms with Crippen LogP contribution in [0.3, 0.4) is 0 Å². The second-order valence-corrected chi connectivity index (χ2v) is 6.66. The zero-order valence-corrected chi connectivity index (χ0v) is 15.7. The highest BCUT2D eigenvalue weighted by molar-refractivity contribution is 5.98. The van der Waals surface area contributed by atoms with E-state index in [1.807, 2.05) is 18.2 Å². The normalized spacial score (nSPS) is 16.3. The fourth-order valence-corrected chi connectivity index (χ4v) is 3.62. The maximum Gasteiger partial charge on any atom is 0.335 e. The quantitative estimate of drug-likeness (QED) is 0.870. The third-order valence-electron chi connectivity index (χ3n) is 4.88. The number of carbonyl (C=O) groups is 2. The zero-order valence-electron chi connectivity index (χ0n) is 15.7. The van der Waals surface area contributed by atoms with Crippen molar-refractivity contribution in [3.05, 3.63) is 58.7 Å². The third-order valence-corrected chi connectivity index (χ3v) is 4.88. The molecule has 0 spiro atoms. The molecule has 142 valence electrons. The van der Waals surface area contributed by atoms with Crippen molar-refractivity contribution < 1.29 is 24.2 Å². The van der Waals surface area contributed by atoms with Gasteiger partial charge in [0, 0.05) is 23.7 Å². The topological polar surface area (TPSA) is 76.1 Å². The fourth-order valence-electron chi connectivity index (χ4n) is 3.62. The van der Waals surface area contributed by atoms with Crippen molar-refractivity contribution in [2.45, 2.75) is 25.8 Å². The molecule has 1 fully saturated rings. The van der Waals surface area contributed by atoms with Gasteiger partial charge in [0.05, 0.1) is 25.8 Å². The minimum Gasteiger partial charge on any atom is -0.497 e. The Morgan fingerprint density at radius 3 is 2.48 bits per heavy atom. The van der Waals surface area contributed by atoms with Gasteiger partial charge in [0.25, 0.3) is 5.91 Å². The van der Waals surface area contributed by atoms with Gasteiger partial charge in [-0.25, -0.2) is 4.79 Å². The average Bonchev–Trinajstić information content (AvgIpc) is 3.15. The number of carbonyl (C=O) groups excluding carboxylic acids is 1. The van der Waals surface area contributed by atoms with Gasteiger partial charge in [-0.3, -0.25) is 4.79 Å². The molecule has 1 amide bonds. The molecule has 1 aliphatic rings. The summed E-state index contributed by atoms with van der Waals surface area (Å²) in [6.45, 7) is 2.41. The molecule has 0 radical (unpaired) electrons. The number of nitrogens with zero attached hydrogens (tertiary/aromatic N) is 1. The first-order valence-corrected chi connectivity index (χ1v) is 8.82. The molecule has 27 heavy (non-hydrogen) atoms. The molecule has 2 aromatic carbocycles. The first kappa shape index (κ1) is 18.8. The summed E-state index contributed by atoms with van der Waals surface area (Å²) < 4.78 is 10.8. The van der Waals surface area contributed by atoms with Crippen molar-refractivity contribution in [1.29, 1.82) is 0 Å². The molecule has 2 aromatic rings. The Hall–Kier alpha value is -3.02. The Morgan fingerprint density at radius 2 is 1.81 bits per heavy atom. The van der Waals surface area contributed by atoms with Crippen LogP contribution in [0.1, 0.15) is 50.7 Å². The number of ether oxygens (including phenoxy) is 2. The van der Waals surface area contributed by atoms with Crippen molar-refractivity contribution >= 4 is 11.9 Å². The first-order valence-electron chi connectivity index (χ1n) is 8.82. The largest absolute Gasteiger partial charge is 0.497 e. The van der Waals surface area contributed by atoms with Gasteiger partial charge in [0.2, 0.25) is 0 Å². The van der Waals surface area contributed by atoms with Crippen molar-refractivity contribution in [2.75, 3.05) is 20.8 Å². The van der Waals surface area contributed by atoms with E-state index in [4.69, 9.17) is 9.47 Å². The highest BCUT2D eigenvalue weighted by Crippen LogP contribution is 2.39. The van der Waals surface area contributed by atoms with E-state index < -0.39 is 5.97 Å². The molecule has 3 rings (SSSR count). The molecule has 1 N–H and O–H groups in total. The summed E-state index contributed by atoms with van der Waals surface area (Å²) in [6.07, 6.45) is 1.70. The number of amides is 1. The van der Waals surface area contributed by atoms with E-state index in [-0.39, 0.29) is 17.5 Å². The molecule has 0 saturated carbocycles. The summed E-state index contributed by atoms with van der Waals surface area (Å²) in [6, 6.07) is 10.2. The predicted octanol–water partition coefficient (Wildman–Crippen LogP) is 3.69. The zero-order chi connectivity index (χ0) is 19.6. The lowest BCUT2D eigenvalue weighted by Gasteiger charge is -2.27. The van der Waals surface area contributed by atoms with Gasteiger partial charge >= 0.3 is 5.97 Å². The highest BCUT2D eigenvalue weighted by Gasteiger charge is 2.33. The maximum absolute atomic E-state index is 13.1. The third kappa shape index (κ3) is 3.74. The van der Waals surface area contributed by atoms with Gasteiger partial charge in [-0.2, -0.15) is 0 Å². The van der Waals surface area contributed by atoms with Crippen molar-refractivity contribution in [1.82, 2.24) is 4.90 Å². The summed E-state index contributed by atoms with van der Waals surface area (Å²) in [5.41, 5.74) is 2.19. The van der Waals surface area contributed by atoms with Crippen LogP contribution in [0.25, 0.3) is 0 Å². The van der Waals surface area contributed by atoms with Gasteiger partial charge in [-0.05, 0) is 55.7 Å². The summed E-state index contributed by atoms with van der Waals surface area (Å²) in [4.78, 5) is 26.3. The van der Waals surface area contributed by atoms with Crippen molar-refractivity contribution in [3.63, 3.8) is 0 Å². The first-order chi connectivity index (χ1) is 12.9. The summed E-state index contributed by atoms with van der Waals surface area (Å²) in [5.74, 6) is 0.162. The summed E-state index contributed by atoms with van der Waals surface area (Å²) in [7, 11) is 3.19. The van der Waals surface area contributed by atoms with Gasteiger partial charge < -0.3 is 19.5 Å². The van der Waals surface area contributed by atoms with Crippen molar-refractivity contribution in [2.24, 2.45) is 0 Å². The van der Waals surface area contributed by atoms with Crippen LogP contribution < -0.4 is 9.47 Å². The number of hydrogen-bond acceptors (Lipinski definition) is 4. The molecule has 1 atom stereocenters. The molecule has 0 bridgehead atoms. The van der Waals surface area contributed by atoms with E-state index in [0.29, 0.717) is 23.6 Å². The number of carboxylic acids is 1. The van der Waals surface area contributed by atoms with Crippen LogP contribution in [0.15, 0.2) is 36.4 Å². The standard InChI is InChI=1S/C21H23NO5/c1-13-9-14(11-15(10-13)21(24)25)20(23)22-8-4-5-18(22)17-7-6-16(26-2)12-19(17)27-3/h6-7,9-12,18H,4-5,8H2,1-3H3,(H,24,25). The molecule has 6 nitrogen and oxygen atoms in total. The molecule has 0 aromatic heterocycles. The molecule has 1 unspecified atom stereocenters. The van der Waals surface area contributed by atoms with E-state index >= 15 is 0 Å². The predicted molar refractivity (Wildman–Crippen MR) is 101 cm³/mol. The Labute approximate surface area is 158 Å². The summed E-state index contributed by atoms with van der Waals surface area (Å²) >= 11 is 0. The Morgan fingerprint density at radius 1 is 1.07 bits per heavy atom. The van der Waals surface area contributed by atoms with Crippen LogP contribution in [0, 0.1) is 6.92 Å². The van der Waals surface area contributed by atoms with Crippen LogP contribution in [0.2, 0.25) is 0 Å². The second kappa shape index (κ2) is 7.70. The number of rotatable bonds is 5. The van der Waals surface area contributed by atoms with Crippen LogP contribution >= 0.6 is 0 Å². The maximum atomic E-state index is 13.1. The van der Waals surface area contributed by atoms with Gasteiger partial charge in [-0.1, -0.05) is 0 Å². The van der Waals surface area contributed by atoms with Crippen LogP contribution in [-0.4, -0.2) is 42.6 Å². The Bertz CT molecular complexity index is 877. The minimum atomic E-state index is -1.04. The lowest BCUT2D eigenvalue weighted by molar-refractivity contribution is 0.0696. The lowest BCUT2D eigenvalue weighted by atomic mass is 10.0. The van der Waals surface area contributed by atoms with E-state index in [1.54, 1.807) is 38.2 Å². The van der Waals surface area contributed by atoms with E-state index in [1.165, 1.54) is 6.07 Å². The van der Waals surface area contributed by atoms with Gasteiger partial charge in [0.1, 0.15) is 11.5 Å². The highest BCUT2D eigenvalue weighted by atomic mass is 16.5. The smallest absolute Gasteiger partial charge is 0.335 e. The monoisotopic (exact) mass is 369 g/mol. The van der Waals surface area contributed by atoms with Crippen LogP contribution in [-0.2, 0) is 0 Å². The number of likely N-dealkylation sites (tertiary alicyclic amines) is 1. The van der Waals surface area contributed by atoms with E-state index in [9.17, 15) is 14.7 Å². The number of benzene rings is 2. The van der Waals surface area contributed by atoms with E-state index in [0.717, 1.165) is 24.0 Å². The molecule has 6 heteroatoms. The SMILES string of the molecule is COc1ccc(C2CCCN2C(=O)c2cc(C)cc(C(=O)O)c2)c(OC)c1. The lowest BCUT2D eigenvalue weighted by Crippen LogP contribution is -2.31. The number of hydrogen-bond donors (Lipinski definition) is 1. The molecule has 1 saturated heterocycles. The molecular weight excluding hydrogens is 346 g/mol. The van der Waals surface area contributed by atoms with E-state index in [2.05, 4.69) is 0 Å². The van der Waals surface area contributed by atoms with Gasteiger partial charge in [0.15, 0.2) is 0 Å².